The van der Waals surface area contributed by atoms with Crippen molar-refractivity contribution in [2.24, 2.45) is 0 Å². The van der Waals surface area contributed by atoms with Gasteiger partial charge in [0, 0.05) is 17.8 Å². The third-order valence-electron chi connectivity index (χ3n) is 8.33. The number of benzene rings is 6. The quantitative estimate of drug-likeness (QED) is 0.121. The van der Waals surface area contributed by atoms with Gasteiger partial charge in [0.05, 0.1) is 39.1 Å². The van der Waals surface area contributed by atoms with E-state index in [9.17, 15) is 9.59 Å². The molecule has 0 aliphatic carbocycles. The van der Waals surface area contributed by atoms with Crippen molar-refractivity contribution in [3.63, 3.8) is 0 Å². The third-order valence-corrected chi connectivity index (χ3v) is 8.66. The van der Waals surface area contributed by atoms with Crippen LogP contribution in [0.2, 0.25) is 5.02 Å². The average Bonchev–Trinajstić information content (AvgIpc) is 3.23. The van der Waals surface area contributed by atoms with Crippen molar-refractivity contribution in [3.05, 3.63) is 191 Å². The van der Waals surface area contributed by atoms with E-state index in [1.807, 2.05) is 140 Å². The van der Waals surface area contributed by atoms with Crippen molar-refractivity contribution >= 4 is 45.9 Å². The van der Waals surface area contributed by atoms with Crippen LogP contribution in [0, 0.1) is 0 Å². The molecule has 55 heavy (non-hydrogen) atoms. The molecule has 0 aliphatic rings. The van der Waals surface area contributed by atoms with Crippen LogP contribution in [0.15, 0.2) is 164 Å². The highest BCUT2D eigenvalue weighted by Gasteiger charge is 2.12. The third kappa shape index (κ3) is 11.4. The maximum atomic E-state index is 12.7. The number of hydrogen-bond acceptors (Lipinski definition) is 6. The first-order chi connectivity index (χ1) is 26.8. The molecule has 0 fully saturated rings. The predicted octanol–water partition coefficient (Wildman–Crippen LogP) is 10.2. The summed E-state index contributed by atoms with van der Waals surface area (Å²) < 4.78 is 20.9. The first kappa shape index (κ1) is 39.4. The second-order valence-electron chi connectivity index (χ2n) is 11.9. The van der Waals surface area contributed by atoms with Gasteiger partial charge in [-0.05, 0) is 106 Å². The first-order valence-electron chi connectivity index (χ1n) is 17.2. The van der Waals surface area contributed by atoms with Gasteiger partial charge in [-0.2, -0.15) is 0 Å². The summed E-state index contributed by atoms with van der Waals surface area (Å²) in [5.74, 6) is 2.57. The van der Waals surface area contributed by atoms with Gasteiger partial charge in [-0.3, -0.25) is 9.59 Å². The molecular formula is C46H41ClN2O6. The van der Waals surface area contributed by atoms with Gasteiger partial charge in [0.2, 0.25) is 11.8 Å². The van der Waals surface area contributed by atoms with Crippen molar-refractivity contribution in [1.82, 2.24) is 0 Å². The lowest BCUT2D eigenvalue weighted by molar-refractivity contribution is -0.112. The van der Waals surface area contributed by atoms with Crippen LogP contribution >= 0.6 is 11.6 Å². The van der Waals surface area contributed by atoms with Crippen LogP contribution in [-0.4, -0.2) is 40.3 Å². The Balaban J connectivity index is 0.000000211. The Morgan fingerprint density at radius 1 is 0.436 bits per heavy atom. The minimum atomic E-state index is -0.269. The molecule has 0 aliphatic heterocycles. The fourth-order valence-corrected chi connectivity index (χ4v) is 5.63. The highest BCUT2D eigenvalue weighted by molar-refractivity contribution is 6.33. The number of anilines is 2. The summed E-state index contributed by atoms with van der Waals surface area (Å²) in [6.45, 7) is 0. The molecule has 0 heterocycles. The molecule has 6 aromatic rings. The number of nitrogens with one attached hydrogen (secondary N) is 2. The van der Waals surface area contributed by atoms with Crippen LogP contribution in [0.3, 0.4) is 0 Å². The minimum Gasteiger partial charge on any atom is -0.497 e. The molecule has 2 N–H and O–H groups in total. The van der Waals surface area contributed by atoms with Gasteiger partial charge in [0.15, 0.2) is 0 Å². The van der Waals surface area contributed by atoms with E-state index in [4.69, 9.17) is 30.5 Å². The van der Waals surface area contributed by atoms with E-state index in [1.54, 1.807) is 52.7 Å². The standard InChI is InChI=1S/C23H20ClNO3.C23H21NO3/c1-27-18-11-7-16(8-12-18)20(17-9-13-19(28-2)14-10-17)15-23(26)25-22-6-4-3-5-21(22)24;1-26-20-12-8-17(9-13-20)22(18-10-14-21(27-2)15-11-18)16-23(25)24-19-6-4-3-5-7-19/h3-15H,1-2H3,(H,25,26);3-16H,1-2H3,(H,24,25). The minimum absolute atomic E-state index is 0.192. The Kier molecular flexibility index (Phi) is 14.3. The van der Waals surface area contributed by atoms with Gasteiger partial charge in [0.1, 0.15) is 23.0 Å². The van der Waals surface area contributed by atoms with Gasteiger partial charge >= 0.3 is 0 Å². The zero-order chi connectivity index (χ0) is 39.0. The molecule has 0 spiro atoms. The molecule has 8 nitrogen and oxygen atoms in total. The Hall–Kier alpha value is -6.77. The van der Waals surface area contributed by atoms with Gasteiger partial charge in [-0.15, -0.1) is 0 Å². The highest BCUT2D eigenvalue weighted by atomic mass is 35.5. The maximum Gasteiger partial charge on any atom is 0.249 e. The Bertz CT molecular complexity index is 2120. The van der Waals surface area contributed by atoms with E-state index in [0.29, 0.717) is 10.7 Å². The lowest BCUT2D eigenvalue weighted by Crippen LogP contribution is -2.09. The highest BCUT2D eigenvalue weighted by Crippen LogP contribution is 2.29. The zero-order valence-corrected chi connectivity index (χ0v) is 31.7. The van der Waals surface area contributed by atoms with E-state index in [-0.39, 0.29) is 11.8 Å². The van der Waals surface area contributed by atoms with Crippen LogP contribution < -0.4 is 29.6 Å². The van der Waals surface area contributed by atoms with Crippen LogP contribution in [-0.2, 0) is 9.59 Å². The Morgan fingerprint density at radius 2 is 0.764 bits per heavy atom. The molecule has 0 saturated heterocycles. The molecule has 0 radical (unpaired) electrons. The molecule has 6 aromatic carbocycles. The van der Waals surface area contributed by atoms with Gasteiger partial charge < -0.3 is 29.6 Å². The van der Waals surface area contributed by atoms with Crippen LogP contribution in [0.1, 0.15) is 22.3 Å². The molecule has 2 amide bonds. The maximum absolute atomic E-state index is 12.7. The van der Waals surface area contributed by atoms with Crippen LogP contribution in [0.4, 0.5) is 11.4 Å². The Morgan fingerprint density at radius 3 is 1.11 bits per heavy atom. The second kappa shape index (κ2) is 19.9. The number of carbonyl (C=O) groups is 2. The number of hydrogen-bond donors (Lipinski definition) is 2. The normalized spacial score (nSPS) is 10.1. The fraction of sp³-hybridized carbons (Fsp3) is 0.0870. The van der Waals surface area contributed by atoms with E-state index in [0.717, 1.165) is 62.1 Å². The fourth-order valence-electron chi connectivity index (χ4n) is 5.44. The SMILES string of the molecule is COc1ccc(C(=CC(=O)Nc2ccccc2)c2ccc(OC)cc2)cc1.COc1ccc(C(=CC(=O)Nc2ccccc2Cl)c2ccc(OC)cc2)cc1. The van der Waals surface area contributed by atoms with Gasteiger partial charge in [-0.1, -0.05) is 90.5 Å². The monoisotopic (exact) mass is 752 g/mol. The number of amides is 2. The van der Waals surface area contributed by atoms with Crippen LogP contribution in [0.25, 0.3) is 11.1 Å². The lowest BCUT2D eigenvalue weighted by atomic mass is 9.97. The number of para-hydroxylation sites is 2. The lowest BCUT2D eigenvalue weighted by Gasteiger charge is -2.11. The van der Waals surface area contributed by atoms with Crippen molar-refractivity contribution in [2.75, 3.05) is 39.1 Å². The molecule has 0 atom stereocenters. The summed E-state index contributed by atoms with van der Waals surface area (Å²) in [6, 6.07) is 46.8. The van der Waals surface area contributed by atoms with E-state index in [1.165, 1.54) is 0 Å². The first-order valence-corrected chi connectivity index (χ1v) is 17.6. The molecule has 6 rings (SSSR count). The number of methoxy groups -OCH3 is 4. The van der Waals surface area contributed by atoms with E-state index < -0.39 is 0 Å². The molecule has 0 bridgehead atoms. The molecule has 0 saturated carbocycles. The van der Waals surface area contributed by atoms with Gasteiger partial charge in [-0.25, -0.2) is 0 Å². The van der Waals surface area contributed by atoms with Crippen LogP contribution in [0.5, 0.6) is 23.0 Å². The molecular weight excluding hydrogens is 712 g/mol. The summed E-state index contributed by atoms with van der Waals surface area (Å²) >= 11 is 6.14. The number of halogens is 1. The Labute approximate surface area is 326 Å². The second-order valence-corrected chi connectivity index (χ2v) is 12.3. The number of ether oxygens (including phenoxy) is 4. The smallest absolute Gasteiger partial charge is 0.249 e. The zero-order valence-electron chi connectivity index (χ0n) is 30.9. The molecule has 0 unspecified atom stereocenters. The summed E-state index contributed by atoms with van der Waals surface area (Å²) in [7, 11) is 6.49. The van der Waals surface area contributed by atoms with Crippen molar-refractivity contribution in [2.45, 2.75) is 0 Å². The molecule has 278 valence electrons. The summed E-state index contributed by atoms with van der Waals surface area (Å²) in [4.78, 5) is 25.3. The van der Waals surface area contributed by atoms with Crippen molar-refractivity contribution in [3.8, 4) is 23.0 Å². The van der Waals surface area contributed by atoms with Gasteiger partial charge in [0.25, 0.3) is 0 Å². The predicted molar refractivity (Wildman–Crippen MR) is 221 cm³/mol. The van der Waals surface area contributed by atoms with Crippen molar-refractivity contribution in [1.29, 1.82) is 0 Å². The number of carbonyl (C=O) groups excluding carboxylic acids is 2. The van der Waals surface area contributed by atoms with E-state index in [2.05, 4.69) is 10.6 Å². The molecule has 0 aromatic heterocycles. The van der Waals surface area contributed by atoms with Crippen molar-refractivity contribution < 1.29 is 28.5 Å². The largest absolute Gasteiger partial charge is 0.497 e. The number of rotatable bonds is 12. The molecule has 9 heteroatoms. The topological polar surface area (TPSA) is 95.1 Å². The summed E-state index contributed by atoms with van der Waals surface area (Å²) in [6.07, 6.45) is 3.17. The average molecular weight is 753 g/mol. The summed E-state index contributed by atoms with van der Waals surface area (Å²) in [5.41, 5.74) is 6.52. The van der Waals surface area contributed by atoms with E-state index >= 15 is 0 Å². The summed E-state index contributed by atoms with van der Waals surface area (Å²) in [5, 5.41) is 6.21.